The normalized spacial score (nSPS) is 12.3. The second-order valence-corrected chi connectivity index (χ2v) is 18.2. The van der Waals surface area contributed by atoms with Gasteiger partial charge >= 0.3 is 0 Å². The van der Waals surface area contributed by atoms with Crippen molar-refractivity contribution >= 4 is 87.7 Å². The molecule has 0 radical (unpaired) electrons. The van der Waals surface area contributed by atoms with E-state index in [2.05, 4.69) is 178 Å². The molecule has 0 aliphatic rings. The molecular weight excluding hydrogens is 710 g/mol. The van der Waals surface area contributed by atoms with E-state index in [4.69, 9.17) is 11.6 Å². The van der Waals surface area contributed by atoms with Gasteiger partial charge in [0, 0.05) is 58.7 Å². The van der Waals surface area contributed by atoms with Gasteiger partial charge in [0.05, 0.1) is 16.7 Å². The molecule has 5 heteroatoms. The number of nitrogens with one attached hydrogen (secondary N) is 2. The molecule has 9 rings (SSSR count). The molecule has 0 fully saturated rings. The van der Waals surface area contributed by atoms with Crippen molar-refractivity contribution in [3.8, 4) is 16.8 Å². The molecule has 9 aromatic rings. The minimum atomic E-state index is 0.0275. The van der Waals surface area contributed by atoms with Crippen LogP contribution in [0.25, 0.3) is 58.8 Å². The van der Waals surface area contributed by atoms with Gasteiger partial charge in [-0.15, -0.1) is 11.3 Å². The molecule has 0 bridgehead atoms. The molecule has 2 N–H and O–H groups in total. The average Bonchev–Trinajstić information content (AvgIpc) is 3.69. The molecule has 0 saturated heterocycles. The number of hydrogen-bond donors (Lipinski definition) is 2. The topological polar surface area (TPSA) is 29.0 Å². The van der Waals surface area contributed by atoms with Gasteiger partial charge in [-0.25, -0.2) is 0 Å². The standard InChI is InChI=1S/C50H44ClN3S/c1-49(2,3)33-19-21-43-41(25-33)42-26-34(50(4,5)6)20-22-44(42)54(43)45-29-39(30-47-48(45)40-17-10-11-18-46(40)55-47)53-38-24-32(31-13-8-7-9-14-31)23-37(28-38)52-36-16-12-15-35(51)27-36/h7-30,52-53H,1-6H3. The number of thiophene rings is 1. The summed E-state index contributed by atoms with van der Waals surface area (Å²) in [4.78, 5) is 0. The second-order valence-electron chi connectivity index (χ2n) is 16.7. The van der Waals surface area contributed by atoms with Crippen LogP contribution in [0.5, 0.6) is 0 Å². The van der Waals surface area contributed by atoms with E-state index in [1.807, 2.05) is 35.6 Å². The predicted molar refractivity (Wildman–Crippen MR) is 241 cm³/mol. The first-order valence-electron chi connectivity index (χ1n) is 18.9. The quantitative estimate of drug-likeness (QED) is 0.177. The maximum absolute atomic E-state index is 6.39. The van der Waals surface area contributed by atoms with Gasteiger partial charge in [-0.05, 0) is 112 Å². The van der Waals surface area contributed by atoms with E-state index >= 15 is 0 Å². The van der Waals surface area contributed by atoms with Crippen LogP contribution < -0.4 is 10.6 Å². The Morgan fingerprint density at radius 1 is 0.473 bits per heavy atom. The highest BCUT2D eigenvalue weighted by molar-refractivity contribution is 7.26. The maximum atomic E-state index is 6.39. The highest BCUT2D eigenvalue weighted by Gasteiger charge is 2.23. The number of fused-ring (bicyclic) bond motifs is 6. The molecule has 0 spiro atoms. The van der Waals surface area contributed by atoms with Gasteiger partial charge in [0.25, 0.3) is 0 Å². The molecular formula is C50H44ClN3S. The van der Waals surface area contributed by atoms with Crippen LogP contribution in [-0.2, 0) is 10.8 Å². The lowest BCUT2D eigenvalue weighted by Crippen LogP contribution is -2.10. The Morgan fingerprint density at radius 2 is 1.07 bits per heavy atom. The summed E-state index contributed by atoms with van der Waals surface area (Å²) in [5, 5.41) is 13.3. The monoisotopic (exact) mass is 753 g/mol. The van der Waals surface area contributed by atoms with Crippen LogP contribution in [0.2, 0.25) is 5.02 Å². The van der Waals surface area contributed by atoms with E-state index in [1.54, 1.807) is 0 Å². The van der Waals surface area contributed by atoms with Crippen LogP contribution in [0.1, 0.15) is 52.7 Å². The highest BCUT2D eigenvalue weighted by atomic mass is 35.5. The zero-order valence-electron chi connectivity index (χ0n) is 32.1. The first-order chi connectivity index (χ1) is 26.4. The van der Waals surface area contributed by atoms with E-state index in [9.17, 15) is 0 Å². The van der Waals surface area contributed by atoms with Crippen LogP contribution >= 0.6 is 22.9 Å². The summed E-state index contributed by atoms with van der Waals surface area (Å²) in [7, 11) is 0. The number of hydrogen-bond acceptors (Lipinski definition) is 3. The number of rotatable bonds is 6. The third kappa shape index (κ3) is 6.64. The van der Waals surface area contributed by atoms with E-state index in [-0.39, 0.29) is 10.8 Å². The molecule has 2 heterocycles. The fraction of sp³-hybridized carbons (Fsp3) is 0.160. The third-order valence-corrected chi connectivity index (χ3v) is 12.0. The third-order valence-electron chi connectivity index (χ3n) is 10.6. The molecule has 0 aliphatic carbocycles. The summed E-state index contributed by atoms with van der Waals surface area (Å²) in [5.74, 6) is 0. The van der Waals surface area contributed by atoms with Crippen LogP contribution in [0.15, 0.2) is 146 Å². The van der Waals surface area contributed by atoms with Gasteiger partial charge in [0.15, 0.2) is 0 Å². The second kappa shape index (κ2) is 13.3. The molecule has 272 valence electrons. The summed E-state index contributed by atoms with van der Waals surface area (Å²) in [6.07, 6.45) is 0. The van der Waals surface area contributed by atoms with Crippen LogP contribution in [0, 0.1) is 0 Å². The zero-order valence-corrected chi connectivity index (χ0v) is 33.7. The Kier molecular flexibility index (Phi) is 8.53. The summed E-state index contributed by atoms with van der Waals surface area (Å²) in [6.45, 7) is 13.8. The van der Waals surface area contributed by atoms with Crippen molar-refractivity contribution in [2.45, 2.75) is 52.4 Å². The van der Waals surface area contributed by atoms with E-state index < -0.39 is 0 Å². The Morgan fingerprint density at radius 3 is 1.71 bits per heavy atom. The molecule has 0 amide bonds. The molecule has 3 nitrogen and oxygen atoms in total. The first kappa shape index (κ1) is 35.2. The predicted octanol–water partition coefficient (Wildman–Crippen LogP) is 15.6. The van der Waals surface area contributed by atoms with Crippen molar-refractivity contribution in [2.75, 3.05) is 10.6 Å². The molecule has 7 aromatic carbocycles. The fourth-order valence-electron chi connectivity index (χ4n) is 7.77. The Hall–Kier alpha value is -5.55. The van der Waals surface area contributed by atoms with Crippen molar-refractivity contribution in [1.29, 1.82) is 0 Å². The van der Waals surface area contributed by atoms with Crippen molar-refractivity contribution in [2.24, 2.45) is 0 Å². The minimum absolute atomic E-state index is 0.0275. The smallest absolute Gasteiger partial charge is 0.0575 e. The fourth-order valence-corrected chi connectivity index (χ4v) is 9.12. The largest absolute Gasteiger partial charge is 0.355 e. The minimum Gasteiger partial charge on any atom is -0.355 e. The van der Waals surface area contributed by atoms with Gasteiger partial charge < -0.3 is 15.2 Å². The van der Waals surface area contributed by atoms with Crippen molar-refractivity contribution in [1.82, 2.24) is 4.57 Å². The van der Waals surface area contributed by atoms with Gasteiger partial charge in [-0.2, -0.15) is 0 Å². The Bertz CT molecular complexity index is 2830. The SMILES string of the molecule is CC(C)(C)c1ccc2c(c1)c1cc(C(C)(C)C)ccc1n2-c1cc(Nc2cc(Nc3cccc(Cl)c3)cc(-c3ccccc3)c2)cc2sc3ccccc3c12. The molecule has 55 heavy (non-hydrogen) atoms. The zero-order chi connectivity index (χ0) is 38.1. The maximum Gasteiger partial charge on any atom is 0.0575 e. The molecule has 0 aliphatic heterocycles. The van der Waals surface area contributed by atoms with Gasteiger partial charge in [-0.3, -0.25) is 0 Å². The van der Waals surface area contributed by atoms with E-state index in [0.29, 0.717) is 5.02 Å². The summed E-state index contributed by atoms with van der Waals surface area (Å²) < 4.78 is 5.02. The van der Waals surface area contributed by atoms with E-state index in [1.165, 1.54) is 58.8 Å². The van der Waals surface area contributed by atoms with E-state index in [0.717, 1.165) is 33.9 Å². The van der Waals surface area contributed by atoms with Gasteiger partial charge in [-0.1, -0.05) is 120 Å². The summed E-state index contributed by atoms with van der Waals surface area (Å²) in [5.41, 5.74) is 12.5. The van der Waals surface area contributed by atoms with Crippen molar-refractivity contribution in [3.63, 3.8) is 0 Å². The summed E-state index contributed by atoms with van der Waals surface area (Å²) >= 11 is 8.23. The van der Waals surface area contributed by atoms with Crippen LogP contribution in [0.4, 0.5) is 22.7 Å². The lowest BCUT2D eigenvalue weighted by Gasteiger charge is -2.19. The number of aromatic nitrogens is 1. The molecule has 2 aromatic heterocycles. The highest BCUT2D eigenvalue weighted by Crippen LogP contribution is 2.44. The van der Waals surface area contributed by atoms with Gasteiger partial charge in [0.2, 0.25) is 0 Å². The summed E-state index contributed by atoms with van der Waals surface area (Å²) in [6, 6.07) is 52.6. The van der Waals surface area contributed by atoms with Crippen molar-refractivity contribution < 1.29 is 0 Å². The van der Waals surface area contributed by atoms with Crippen molar-refractivity contribution in [3.05, 3.63) is 162 Å². The van der Waals surface area contributed by atoms with Crippen LogP contribution in [-0.4, -0.2) is 4.57 Å². The molecule has 0 unspecified atom stereocenters. The first-order valence-corrected chi connectivity index (χ1v) is 20.1. The average molecular weight is 754 g/mol. The number of nitrogens with zero attached hydrogens (tertiary/aromatic N) is 1. The lowest BCUT2D eigenvalue weighted by atomic mass is 9.85. The number of halogens is 1. The molecule has 0 saturated carbocycles. The number of anilines is 4. The molecule has 0 atom stereocenters. The Balaban J connectivity index is 1.27. The number of benzene rings is 7. The van der Waals surface area contributed by atoms with Crippen LogP contribution in [0.3, 0.4) is 0 Å². The lowest BCUT2D eigenvalue weighted by molar-refractivity contribution is 0.590. The van der Waals surface area contributed by atoms with Gasteiger partial charge in [0.1, 0.15) is 0 Å². The Labute approximate surface area is 332 Å².